The molecule has 0 aliphatic heterocycles. The topological polar surface area (TPSA) is 46.3 Å². The zero-order valence-electron chi connectivity index (χ0n) is 11.5. The van der Waals surface area contributed by atoms with E-state index in [4.69, 9.17) is 5.73 Å². The lowest BCUT2D eigenvalue weighted by atomic mass is 10.1. The van der Waals surface area contributed by atoms with Gasteiger partial charge in [0.1, 0.15) is 0 Å². The predicted molar refractivity (Wildman–Crippen MR) is 75.7 cm³/mol. The molecule has 0 unspecified atom stereocenters. The van der Waals surface area contributed by atoms with E-state index in [0.29, 0.717) is 6.54 Å². The monoisotopic (exact) mass is 248 g/mol. The summed E-state index contributed by atoms with van der Waals surface area (Å²) in [6, 6.07) is 7.77. The van der Waals surface area contributed by atoms with Crippen LogP contribution < -0.4 is 5.73 Å². The van der Waals surface area contributed by atoms with Gasteiger partial charge in [-0.05, 0) is 37.1 Å². The fraction of sp³-hybridized carbons (Fsp3) is 0.533. The fourth-order valence-corrected chi connectivity index (χ4v) is 1.95. The number of nitrogens with two attached hydrogens (primary N) is 1. The molecule has 0 aliphatic carbocycles. The second-order valence-corrected chi connectivity index (χ2v) is 4.67. The van der Waals surface area contributed by atoms with E-state index in [1.165, 1.54) is 12.8 Å². The molecule has 1 aromatic rings. The SMILES string of the molecule is CCCCCN(C)C(=O)c1cccc(CCN)c1. The highest BCUT2D eigenvalue weighted by atomic mass is 16.2. The van der Waals surface area contributed by atoms with Gasteiger partial charge >= 0.3 is 0 Å². The standard InChI is InChI=1S/C15H24N2O/c1-3-4-5-11-17(2)15(18)14-8-6-7-13(12-14)9-10-16/h6-8,12H,3-5,9-11,16H2,1-2H3. The molecule has 0 aromatic heterocycles. The van der Waals surface area contributed by atoms with Gasteiger partial charge in [0, 0.05) is 19.2 Å². The van der Waals surface area contributed by atoms with Crippen LogP contribution in [0.1, 0.15) is 42.1 Å². The molecule has 0 saturated heterocycles. The summed E-state index contributed by atoms with van der Waals surface area (Å²) in [6.45, 7) is 3.61. The van der Waals surface area contributed by atoms with E-state index in [2.05, 4.69) is 6.92 Å². The van der Waals surface area contributed by atoms with E-state index in [9.17, 15) is 4.79 Å². The van der Waals surface area contributed by atoms with Crippen LogP contribution in [0.25, 0.3) is 0 Å². The molecule has 3 nitrogen and oxygen atoms in total. The molecule has 0 saturated carbocycles. The molecule has 1 aromatic carbocycles. The van der Waals surface area contributed by atoms with E-state index in [-0.39, 0.29) is 5.91 Å². The second-order valence-electron chi connectivity index (χ2n) is 4.67. The summed E-state index contributed by atoms with van der Waals surface area (Å²) < 4.78 is 0. The molecule has 0 fully saturated rings. The van der Waals surface area contributed by atoms with Crippen LogP contribution in [0.5, 0.6) is 0 Å². The zero-order valence-corrected chi connectivity index (χ0v) is 11.5. The highest BCUT2D eigenvalue weighted by Crippen LogP contribution is 2.09. The Labute approximate surface area is 110 Å². The summed E-state index contributed by atoms with van der Waals surface area (Å²) in [5, 5.41) is 0. The van der Waals surface area contributed by atoms with E-state index in [0.717, 1.165) is 30.5 Å². The maximum Gasteiger partial charge on any atom is 0.253 e. The van der Waals surface area contributed by atoms with Gasteiger partial charge in [0.25, 0.3) is 5.91 Å². The van der Waals surface area contributed by atoms with Crippen molar-refractivity contribution in [1.82, 2.24) is 4.90 Å². The Morgan fingerprint density at radius 1 is 1.33 bits per heavy atom. The third-order valence-electron chi connectivity index (χ3n) is 3.05. The average molecular weight is 248 g/mol. The van der Waals surface area contributed by atoms with Crippen LogP contribution in [0.2, 0.25) is 0 Å². The molecule has 0 bridgehead atoms. The molecule has 0 radical (unpaired) electrons. The summed E-state index contributed by atoms with van der Waals surface area (Å²) in [5.41, 5.74) is 7.43. The van der Waals surface area contributed by atoms with Crippen molar-refractivity contribution in [2.75, 3.05) is 20.1 Å². The normalized spacial score (nSPS) is 10.4. The number of amides is 1. The summed E-state index contributed by atoms with van der Waals surface area (Å²) >= 11 is 0. The number of benzene rings is 1. The van der Waals surface area contributed by atoms with Gasteiger partial charge in [0.05, 0.1) is 0 Å². The van der Waals surface area contributed by atoms with Crippen LogP contribution in [0.15, 0.2) is 24.3 Å². The predicted octanol–water partition coefficient (Wildman–Crippen LogP) is 2.45. The lowest BCUT2D eigenvalue weighted by Gasteiger charge is -2.17. The molecule has 2 N–H and O–H groups in total. The van der Waals surface area contributed by atoms with Gasteiger partial charge in [-0.25, -0.2) is 0 Å². The number of hydrogen-bond acceptors (Lipinski definition) is 2. The molecule has 0 aliphatic rings. The third kappa shape index (κ3) is 4.49. The minimum Gasteiger partial charge on any atom is -0.342 e. The lowest BCUT2D eigenvalue weighted by Crippen LogP contribution is -2.27. The quantitative estimate of drug-likeness (QED) is 0.753. The first-order valence-electron chi connectivity index (χ1n) is 6.73. The van der Waals surface area contributed by atoms with Crippen LogP contribution >= 0.6 is 0 Å². The van der Waals surface area contributed by atoms with E-state index >= 15 is 0 Å². The molecule has 18 heavy (non-hydrogen) atoms. The van der Waals surface area contributed by atoms with Crippen molar-refractivity contribution in [3.8, 4) is 0 Å². The summed E-state index contributed by atoms with van der Waals surface area (Å²) in [6.07, 6.45) is 4.24. The zero-order chi connectivity index (χ0) is 13.4. The molecule has 0 atom stereocenters. The Morgan fingerprint density at radius 2 is 2.11 bits per heavy atom. The highest BCUT2D eigenvalue weighted by molar-refractivity contribution is 5.94. The molecule has 100 valence electrons. The largest absolute Gasteiger partial charge is 0.342 e. The van der Waals surface area contributed by atoms with Crippen LogP contribution in [-0.4, -0.2) is 30.9 Å². The number of carbonyl (C=O) groups excluding carboxylic acids is 1. The van der Waals surface area contributed by atoms with Crippen molar-refractivity contribution in [2.24, 2.45) is 5.73 Å². The number of unbranched alkanes of at least 4 members (excludes halogenated alkanes) is 2. The first-order valence-corrected chi connectivity index (χ1v) is 6.73. The van der Waals surface area contributed by atoms with Crippen LogP contribution in [-0.2, 0) is 6.42 Å². The van der Waals surface area contributed by atoms with Crippen molar-refractivity contribution in [3.63, 3.8) is 0 Å². The summed E-state index contributed by atoms with van der Waals surface area (Å²) in [7, 11) is 1.87. The van der Waals surface area contributed by atoms with Crippen molar-refractivity contribution in [1.29, 1.82) is 0 Å². The lowest BCUT2D eigenvalue weighted by molar-refractivity contribution is 0.0792. The maximum absolute atomic E-state index is 12.2. The minimum absolute atomic E-state index is 0.102. The number of nitrogens with zero attached hydrogens (tertiary/aromatic N) is 1. The molecule has 1 amide bonds. The Bertz CT molecular complexity index is 377. The van der Waals surface area contributed by atoms with Gasteiger partial charge in [-0.1, -0.05) is 31.9 Å². The van der Waals surface area contributed by atoms with Gasteiger partial charge in [0.2, 0.25) is 0 Å². The Hall–Kier alpha value is -1.35. The molecule has 3 heteroatoms. The second kappa shape index (κ2) is 7.88. The first kappa shape index (κ1) is 14.7. The Morgan fingerprint density at radius 3 is 2.78 bits per heavy atom. The molecule has 1 rings (SSSR count). The van der Waals surface area contributed by atoms with E-state index in [1.54, 1.807) is 4.90 Å². The maximum atomic E-state index is 12.2. The number of carbonyl (C=O) groups is 1. The average Bonchev–Trinajstić information content (AvgIpc) is 2.39. The van der Waals surface area contributed by atoms with E-state index in [1.807, 2.05) is 31.3 Å². The highest BCUT2D eigenvalue weighted by Gasteiger charge is 2.11. The first-order chi connectivity index (χ1) is 8.69. The molecular formula is C15H24N2O. The third-order valence-corrected chi connectivity index (χ3v) is 3.05. The van der Waals surface area contributed by atoms with E-state index < -0.39 is 0 Å². The van der Waals surface area contributed by atoms with Crippen LogP contribution in [0.4, 0.5) is 0 Å². The number of hydrogen-bond donors (Lipinski definition) is 1. The van der Waals surface area contributed by atoms with Gasteiger partial charge < -0.3 is 10.6 Å². The van der Waals surface area contributed by atoms with Gasteiger partial charge in [-0.2, -0.15) is 0 Å². The summed E-state index contributed by atoms with van der Waals surface area (Å²) in [4.78, 5) is 14.0. The van der Waals surface area contributed by atoms with Gasteiger partial charge in [0.15, 0.2) is 0 Å². The summed E-state index contributed by atoms with van der Waals surface area (Å²) in [5.74, 6) is 0.102. The van der Waals surface area contributed by atoms with Gasteiger partial charge in [-0.3, -0.25) is 4.79 Å². The van der Waals surface area contributed by atoms with Gasteiger partial charge in [-0.15, -0.1) is 0 Å². The van der Waals surface area contributed by atoms with Crippen molar-refractivity contribution in [3.05, 3.63) is 35.4 Å². The Balaban J connectivity index is 2.62. The molecule has 0 heterocycles. The van der Waals surface area contributed by atoms with Crippen molar-refractivity contribution in [2.45, 2.75) is 32.6 Å². The van der Waals surface area contributed by atoms with Crippen LogP contribution in [0.3, 0.4) is 0 Å². The minimum atomic E-state index is 0.102. The molecular weight excluding hydrogens is 224 g/mol. The fourth-order valence-electron chi connectivity index (χ4n) is 1.95. The number of rotatable bonds is 7. The smallest absolute Gasteiger partial charge is 0.253 e. The Kier molecular flexibility index (Phi) is 6.44. The van der Waals surface area contributed by atoms with Crippen molar-refractivity contribution >= 4 is 5.91 Å². The van der Waals surface area contributed by atoms with Crippen molar-refractivity contribution < 1.29 is 4.79 Å². The van der Waals surface area contributed by atoms with Crippen LogP contribution in [0, 0.1) is 0 Å². The molecule has 0 spiro atoms.